The summed E-state index contributed by atoms with van der Waals surface area (Å²) in [4.78, 5) is 6.58. The summed E-state index contributed by atoms with van der Waals surface area (Å²) in [6, 6.07) is 0. The Hall–Kier alpha value is -0.410. The lowest BCUT2D eigenvalue weighted by atomic mass is 9.75. The van der Waals surface area contributed by atoms with E-state index >= 15 is 0 Å². The van der Waals surface area contributed by atoms with Gasteiger partial charge in [0.05, 0.1) is 11.2 Å². The summed E-state index contributed by atoms with van der Waals surface area (Å²) in [7, 11) is 0. The minimum absolute atomic E-state index is 0.136. The maximum absolute atomic E-state index is 5.02. The van der Waals surface area contributed by atoms with E-state index in [2.05, 4.69) is 26.1 Å². The van der Waals surface area contributed by atoms with Crippen molar-refractivity contribution in [3.8, 4) is 0 Å². The Morgan fingerprint density at radius 3 is 2.67 bits per heavy atom. The van der Waals surface area contributed by atoms with E-state index in [1.54, 1.807) is 4.88 Å². The van der Waals surface area contributed by atoms with Crippen LogP contribution in [-0.4, -0.2) is 11.5 Å². The third kappa shape index (κ3) is 1.67. The molecule has 3 heteroatoms. The van der Waals surface area contributed by atoms with Gasteiger partial charge in [0.15, 0.2) is 0 Å². The summed E-state index contributed by atoms with van der Waals surface area (Å²) in [5.74, 6) is 0. The van der Waals surface area contributed by atoms with Crippen molar-refractivity contribution in [3.63, 3.8) is 0 Å². The molecule has 1 unspecified atom stereocenters. The summed E-state index contributed by atoms with van der Waals surface area (Å²) in [6.07, 6.45) is 7.66. The van der Waals surface area contributed by atoms with Crippen LogP contribution in [0, 0.1) is 5.41 Å². The van der Waals surface area contributed by atoms with Gasteiger partial charge < -0.3 is 5.32 Å². The van der Waals surface area contributed by atoms with E-state index < -0.39 is 0 Å². The minimum atomic E-state index is 0.136. The molecule has 0 amide bonds. The predicted molar refractivity (Wildman–Crippen MR) is 77.1 cm³/mol. The Balaban J connectivity index is 2.03. The highest BCUT2D eigenvalue weighted by Crippen LogP contribution is 2.53. The minimum Gasteiger partial charge on any atom is -0.305 e. The van der Waals surface area contributed by atoms with Gasteiger partial charge in [0.2, 0.25) is 0 Å². The Labute approximate surface area is 114 Å². The zero-order valence-electron chi connectivity index (χ0n) is 11.8. The molecule has 1 aromatic heterocycles. The highest BCUT2D eigenvalue weighted by Gasteiger charge is 2.51. The van der Waals surface area contributed by atoms with Gasteiger partial charge in [-0.1, -0.05) is 27.2 Å². The molecule has 1 saturated carbocycles. The Bertz CT molecular complexity index is 428. The standard InChI is InChI=1S/C15H24N2S/c1-4-16-15(10-6-9-14(15,2)3)13-17-11-7-5-8-12(11)18-13/h16H,4-10H2,1-3H3. The first-order chi connectivity index (χ1) is 8.59. The molecule has 1 aromatic rings. The maximum atomic E-state index is 5.02. The maximum Gasteiger partial charge on any atom is 0.114 e. The van der Waals surface area contributed by atoms with Crippen molar-refractivity contribution in [3.05, 3.63) is 15.6 Å². The van der Waals surface area contributed by atoms with Gasteiger partial charge in [-0.15, -0.1) is 11.3 Å². The van der Waals surface area contributed by atoms with Gasteiger partial charge in [-0.25, -0.2) is 4.98 Å². The summed E-state index contributed by atoms with van der Waals surface area (Å²) < 4.78 is 0. The summed E-state index contributed by atoms with van der Waals surface area (Å²) in [5, 5.41) is 5.17. The Morgan fingerprint density at radius 1 is 1.22 bits per heavy atom. The number of hydrogen-bond acceptors (Lipinski definition) is 3. The number of rotatable bonds is 3. The molecule has 1 N–H and O–H groups in total. The highest BCUT2D eigenvalue weighted by atomic mass is 32.1. The van der Waals surface area contributed by atoms with Gasteiger partial charge in [-0.3, -0.25) is 0 Å². The zero-order chi connectivity index (χ0) is 12.8. The number of nitrogens with one attached hydrogen (secondary N) is 1. The van der Waals surface area contributed by atoms with E-state index in [0.29, 0.717) is 5.41 Å². The molecule has 3 rings (SSSR count). The third-order valence-electron chi connectivity index (χ3n) is 4.95. The lowest BCUT2D eigenvalue weighted by Gasteiger charge is -2.41. The highest BCUT2D eigenvalue weighted by molar-refractivity contribution is 7.12. The lowest BCUT2D eigenvalue weighted by Crippen LogP contribution is -2.49. The molecule has 1 fully saturated rings. The van der Waals surface area contributed by atoms with E-state index in [4.69, 9.17) is 4.98 Å². The summed E-state index contributed by atoms with van der Waals surface area (Å²) >= 11 is 1.99. The summed E-state index contributed by atoms with van der Waals surface area (Å²) in [5.41, 5.74) is 1.86. The van der Waals surface area contributed by atoms with Crippen LogP contribution in [0.3, 0.4) is 0 Å². The van der Waals surface area contributed by atoms with Gasteiger partial charge in [-0.05, 0) is 44.1 Å². The van der Waals surface area contributed by atoms with Crippen LogP contribution >= 0.6 is 11.3 Å². The molecule has 2 aliphatic carbocycles. The summed E-state index contributed by atoms with van der Waals surface area (Å²) in [6.45, 7) is 8.08. The van der Waals surface area contributed by atoms with Crippen molar-refractivity contribution in [2.45, 2.75) is 64.8 Å². The molecule has 0 bridgehead atoms. The van der Waals surface area contributed by atoms with Gasteiger partial charge in [0.1, 0.15) is 5.01 Å². The topological polar surface area (TPSA) is 24.9 Å². The number of hydrogen-bond donors (Lipinski definition) is 1. The van der Waals surface area contributed by atoms with Gasteiger partial charge in [0.25, 0.3) is 0 Å². The zero-order valence-corrected chi connectivity index (χ0v) is 12.6. The predicted octanol–water partition coefficient (Wildman–Crippen LogP) is 3.65. The smallest absolute Gasteiger partial charge is 0.114 e. The van der Waals surface area contributed by atoms with Gasteiger partial charge in [0, 0.05) is 4.88 Å². The molecule has 0 radical (unpaired) electrons. The SMILES string of the molecule is CCNC1(c2nc3c(s2)CCC3)CCCC1(C)C. The second-order valence-electron chi connectivity index (χ2n) is 6.42. The molecule has 0 aliphatic heterocycles. The number of nitrogens with zero attached hydrogens (tertiary/aromatic N) is 1. The average Bonchev–Trinajstić information content (AvgIpc) is 2.92. The fraction of sp³-hybridized carbons (Fsp3) is 0.800. The van der Waals surface area contributed by atoms with Crippen LogP contribution in [-0.2, 0) is 18.4 Å². The van der Waals surface area contributed by atoms with E-state index in [9.17, 15) is 0 Å². The van der Waals surface area contributed by atoms with Crippen LogP contribution in [0.15, 0.2) is 0 Å². The molecule has 100 valence electrons. The molecular weight excluding hydrogens is 240 g/mol. The molecule has 2 nitrogen and oxygen atoms in total. The van der Waals surface area contributed by atoms with E-state index in [1.807, 2.05) is 11.3 Å². The van der Waals surface area contributed by atoms with Crippen LogP contribution in [0.4, 0.5) is 0 Å². The molecule has 1 heterocycles. The molecule has 2 aliphatic rings. The van der Waals surface area contributed by atoms with Crippen molar-refractivity contribution >= 4 is 11.3 Å². The normalized spacial score (nSPS) is 29.7. The molecular formula is C15H24N2S. The second-order valence-corrected chi connectivity index (χ2v) is 7.50. The fourth-order valence-electron chi connectivity index (χ4n) is 3.82. The second kappa shape index (κ2) is 4.31. The Kier molecular flexibility index (Phi) is 3.02. The number of fused-ring (bicyclic) bond motifs is 1. The lowest BCUT2D eigenvalue weighted by molar-refractivity contribution is 0.158. The first-order valence-corrected chi connectivity index (χ1v) is 8.15. The largest absolute Gasteiger partial charge is 0.305 e. The molecule has 0 aromatic carbocycles. The van der Waals surface area contributed by atoms with Crippen LogP contribution in [0.5, 0.6) is 0 Å². The van der Waals surface area contributed by atoms with Crippen LogP contribution in [0.25, 0.3) is 0 Å². The molecule has 0 spiro atoms. The number of thiazole rings is 1. The van der Waals surface area contributed by atoms with Gasteiger partial charge in [-0.2, -0.15) is 0 Å². The molecule has 18 heavy (non-hydrogen) atoms. The third-order valence-corrected chi connectivity index (χ3v) is 6.27. The first-order valence-electron chi connectivity index (χ1n) is 7.33. The van der Waals surface area contributed by atoms with Crippen LogP contribution in [0.1, 0.15) is 62.0 Å². The van der Waals surface area contributed by atoms with E-state index in [-0.39, 0.29) is 5.54 Å². The van der Waals surface area contributed by atoms with Crippen molar-refractivity contribution in [2.24, 2.45) is 5.41 Å². The number of aromatic nitrogens is 1. The van der Waals surface area contributed by atoms with Crippen molar-refractivity contribution in [1.29, 1.82) is 0 Å². The van der Waals surface area contributed by atoms with Crippen molar-refractivity contribution < 1.29 is 0 Å². The Morgan fingerprint density at radius 2 is 2.06 bits per heavy atom. The number of aryl methyl sites for hydroxylation is 2. The molecule has 0 saturated heterocycles. The van der Waals surface area contributed by atoms with E-state index in [0.717, 1.165) is 6.54 Å². The quantitative estimate of drug-likeness (QED) is 0.901. The fourth-order valence-corrected chi connectivity index (χ4v) is 5.35. The van der Waals surface area contributed by atoms with Crippen molar-refractivity contribution in [1.82, 2.24) is 10.3 Å². The van der Waals surface area contributed by atoms with Crippen LogP contribution < -0.4 is 5.32 Å². The van der Waals surface area contributed by atoms with Gasteiger partial charge >= 0.3 is 0 Å². The van der Waals surface area contributed by atoms with Crippen LogP contribution in [0.2, 0.25) is 0 Å². The van der Waals surface area contributed by atoms with E-state index in [1.165, 1.54) is 49.2 Å². The average molecular weight is 264 g/mol. The monoisotopic (exact) mass is 264 g/mol. The van der Waals surface area contributed by atoms with Crippen molar-refractivity contribution in [2.75, 3.05) is 6.54 Å². The molecule has 1 atom stereocenters. The first kappa shape index (κ1) is 12.6.